The molecule has 3 N–H and O–H groups in total. The van der Waals surface area contributed by atoms with Crippen molar-refractivity contribution in [2.24, 2.45) is 10.9 Å². The zero-order valence-electron chi connectivity index (χ0n) is 13.5. The molecule has 26 heavy (non-hydrogen) atoms. The summed E-state index contributed by atoms with van der Waals surface area (Å²) < 4.78 is 39.9. The molecule has 2 aromatic rings. The summed E-state index contributed by atoms with van der Waals surface area (Å²) in [7, 11) is 0. The first kappa shape index (κ1) is 19.1. The molecule has 0 heterocycles. The zero-order chi connectivity index (χ0) is 19.0. The molecule has 2 rings (SSSR count). The fraction of sp³-hybridized carbons (Fsp3) is 0.176. The molecule has 0 aliphatic rings. The minimum absolute atomic E-state index is 0.206. The van der Waals surface area contributed by atoms with E-state index in [1.54, 1.807) is 0 Å². The number of hydrogen-bond donors (Lipinski definition) is 2. The molecule has 0 atom stereocenters. The Labute approximate surface area is 147 Å². The number of rotatable bonds is 7. The minimum atomic E-state index is -4.77. The number of nitrogens with one attached hydrogen (secondary N) is 1. The first-order chi connectivity index (χ1) is 12.3. The Morgan fingerprint density at radius 3 is 2.35 bits per heavy atom. The lowest BCUT2D eigenvalue weighted by atomic mass is 10.1. The molecule has 0 radical (unpaired) electrons. The van der Waals surface area contributed by atoms with Crippen LogP contribution in [0.3, 0.4) is 0 Å². The van der Waals surface area contributed by atoms with Gasteiger partial charge in [-0.25, -0.2) is 0 Å². The van der Waals surface area contributed by atoms with E-state index in [1.807, 2.05) is 30.3 Å². The Hall–Kier alpha value is -3.23. The van der Waals surface area contributed by atoms with Crippen molar-refractivity contribution in [1.29, 1.82) is 0 Å². The molecule has 0 aliphatic carbocycles. The van der Waals surface area contributed by atoms with E-state index >= 15 is 0 Å². The summed E-state index contributed by atoms with van der Waals surface area (Å²) in [5.41, 5.74) is 6.93. The number of ether oxygens (including phenoxy) is 1. The summed E-state index contributed by atoms with van der Waals surface area (Å²) in [6, 6.07) is 14.1. The number of oxime groups is 1. The van der Waals surface area contributed by atoms with Crippen LogP contribution in [-0.2, 0) is 16.1 Å². The van der Waals surface area contributed by atoms with Crippen LogP contribution in [-0.4, -0.2) is 24.7 Å². The SMILES string of the molecule is N/C(Cc1ccccc1)=N\OCC(=O)Nc1ccc(OC(F)(F)F)cc1. The smallest absolute Gasteiger partial charge is 0.406 e. The fourth-order valence-corrected chi connectivity index (χ4v) is 1.95. The Morgan fingerprint density at radius 1 is 1.08 bits per heavy atom. The highest BCUT2D eigenvalue weighted by atomic mass is 19.4. The van der Waals surface area contributed by atoms with Crippen LogP contribution in [0.4, 0.5) is 18.9 Å². The van der Waals surface area contributed by atoms with Gasteiger partial charge in [0, 0.05) is 12.1 Å². The van der Waals surface area contributed by atoms with E-state index < -0.39 is 18.9 Å². The third-order valence-corrected chi connectivity index (χ3v) is 2.98. The molecule has 0 saturated carbocycles. The molecule has 0 bridgehead atoms. The van der Waals surface area contributed by atoms with Crippen LogP contribution in [0.2, 0.25) is 0 Å². The van der Waals surface area contributed by atoms with Crippen LogP contribution in [0.25, 0.3) is 0 Å². The highest BCUT2D eigenvalue weighted by Crippen LogP contribution is 2.23. The van der Waals surface area contributed by atoms with Crippen LogP contribution < -0.4 is 15.8 Å². The van der Waals surface area contributed by atoms with E-state index in [1.165, 1.54) is 12.1 Å². The molecule has 0 spiro atoms. The average Bonchev–Trinajstić information content (AvgIpc) is 2.56. The lowest BCUT2D eigenvalue weighted by Crippen LogP contribution is -2.20. The van der Waals surface area contributed by atoms with Gasteiger partial charge in [-0.2, -0.15) is 0 Å². The monoisotopic (exact) mass is 367 g/mol. The Kier molecular flexibility index (Phi) is 6.42. The van der Waals surface area contributed by atoms with Gasteiger partial charge in [-0.3, -0.25) is 4.79 Å². The van der Waals surface area contributed by atoms with Crippen molar-refractivity contribution in [2.45, 2.75) is 12.8 Å². The Morgan fingerprint density at radius 2 is 1.73 bits per heavy atom. The van der Waals surface area contributed by atoms with Crippen molar-refractivity contribution < 1.29 is 27.5 Å². The van der Waals surface area contributed by atoms with Crippen LogP contribution in [0.1, 0.15) is 5.56 Å². The maximum atomic E-state index is 12.1. The van der Waals surface area contributed by atoms with Crippen molar-refractivity contribution in [3.63, 3.8) is 0 Å². The van der Waals surface area contributed by atoms with Gasteiger partial charge >= 0.3 is 6.36 Å². The van der Waals surface area contributed by atoms with E-state index in [9.17, 15) is 18.0 Å². The normalized spacial score (nSPS) is 11.7. The van der Waals surface area contributed by atoms with Crippen LogP contribution >= 0.6 is 0 Å². The number of halogens is 3. The quantitative estimate of drug-likeness (QED) is 0.447. The number of amides is 1. The molecule has 9 heteroatoms. The first-order valence-electron chi connectivity index (χ1n) is 7.46. The van der Waals surface area contributed by atoms with Crippen LogP contribution in [0, 0.1) is 0 Å². The number of hydrogen-bond acceptors (Lipinski definition) is 4. The number of alkyl halides is 3. The summed E-state index contributed by atoms with van der Waals surface area (Å²) in [5.74, 6) is -0.714. The van der Waals surface area contributed by atoms with Gasteiger partial charge in [0.25, 0.3) is 5.91 Å². The number of carbonyl (C=O) groups excluding carboxylic acids is 1. The third kappa shape index (κ3) is 7.12. The predicted molar refractivity (Wildman–Crippen MR) is 89.5 cm³/mol. The maximum Gasteiger partial charge on any atom is 0.573 e. The molecule has 2 aromatic carbocycles. The van der Waals surface area contributed by atoms with E-state index in [-0.39, 0.29) is 17.3 Å². The molecular weight excluding hydrogens is 351 g/mol. The van der Waals surface area contributed by atoms with Gasteiger partial charge in [-0.05, 0) is 29.8 Å². The van der Waals surface area contributed by atoms with Crippen molar-refractivity contribution in [3.05, 3.63) is 60.2 Å². The first-order valence-corrected chi connectivity index (χ1v) is 7.46. The zero-order valence-corrected chi connectivity index (χ0v) is 13.5. The number of carbonyl (C=O) groups is 1. The molecule has 0 aromatic heterocycles. The van der Waals surface area contributed by atoms with Crippen molar-refractivity contribution >= 4 is 17.4 Å². The third-order valence-electron chi connectivity index (χ3n) is 2.98. The maximum absolute atomic E-state index is 12.1. The van der Waals surface area contributed by atoms with Crippen LogP contribution in [0.15, 0.2) is 59.8 Å². The van der Waals surface area contributed by atoms with Gasteiger partial charge in [0.15, 0.2) is 6.61 Å². The van der Waals surface area contributed by atoms with E-state index in [4.69, 9.17) is 10.6 Å². The van der Waals surface area contributed by atoms with E-state index in [0.717, 1.165) is 17.7 Å². The number of anilines is 1. The second kappa shape index (κ2) is 8.75. The summed E-state index contributed by atoms with van der Waals surface area (Å²) in [5, 5.41) is 6.09. The Balaban J connectivity index is 1.77. The highest BCUT2D eigenvalue weighted by Gasteiger charge is 2.30. The molecular formula is C17H16F3N3O3. The molecule has 0 aliphatic heterocycles. The van der Waals surface area contributed by atoms with Gasteiger partial charge in [-0.15, -0.1) is 13.2 Å². The standard InChI is InChI=1S/C17H16F3N3O3/c18-17(19,20)26-14-8-6-13(7-9-14)22-16(24)11-25-23-15(21)10-12-4-2-1-3-5-12/h1-9H,10-11H2,(H2,21,23)(H,22,24). The second-order valence-electron chi connectivity index (χ2n) is 5.14. The van der Waals surface area contributed by atoms with E-state index in [0.29, 0.717) is 6.42 Å². The lowest BCUT2D eigenvalue weighted by Gasteiger charge is -2.09. The van der Waals surface area contributed by atoms with Crippen molar-refractivity contribution in [2.75, 3.05) is 11.9 Å². The summed E-state index contributed by atoms with van der Waals surface area (Å²) in [6.07, 6.45) is -4.39. The molecule has 0 saturated heterocycles. The highest BCUT2D eigenvalue weighted by molar-refractivity contribution is 5.91. The Bertz CT molecular complexity index is 747. The molecule has 138 valence electrons. The van der Waals surface area contributed by atoms with Gasteiger partial charge in [-0.1, -0.05) is 35.5 Å². The molecule has 1 amide bonds. The number of nitrogens with two attached hydrogens (primary N) is 1. The van der Waals surface area contributed by atoms with Gasteiger partial charge in [0.1, 0.15) is 11.6 Å². The van der Waals surface area contributed by atoms with Gasteiger partial charge in [0.2, 0.25) is 0 Å². The average molecular weight is 367 g/mol. The fourth-order valence-electron chi connectivity index (χ4n) is 1.95. The van der Waals surface area contributed by atoms with Gasteiger partial charge in [0.05, 0.1) is 0 Å². The van der Waals surface area contributed by atoms with Crippen LogP contribution in [0.5, 0.6) is 5.75 Å². The van der Waals surface area contributed by atoms with E-state index in [2.05, 4.69) is 15.2 Å². The molecule has 6 nitrogen and oxygen atoms in total. The minimum Gasteiger partial charge on any atom is -0.406 e. The summed E-state index contributed by atoms with van der Waals surface area (Å²) >= 11 is 0. The molecule has 0 unspecified atom stereocenters. The van der Waals surface area contributed by atoms with Crippen molar-refractivity contribution in [1.82, 2.24) is 0 Å². The largest absolute Gasteiger partial charge is 0.573 e. The molecule has 0 fully saturated rings. The summed E-state index contributed by atoms with van der Waals surface area (Å²) in [4.78, 5) is 16.6. The summed E-state index contributed by atoms with van der Waals surface area (Å²) in [6.45, 7) is -0.393. The predicted octanol–water partition coefficient (Wildman–Crippen LogP) is 3.06. The second-order valence-corrected chi connectivity index (χ2v) is 5.14. The number of nitrogens with zero attached hydrogens (tertiary/aromatic N) is 1. The number of benzene rings is 2. The topological polar surface area (TPSA) is 85.9 Å². The lowest BCUT2D eigenvalue weighted by molar-refractivity contribution is -0.274. The van der Waals surface area contributed by atoms with Gasteiger partial charge < -0.3 is 20.6 Å². The number of amidine groups is 1. The van der Waals surface area contributed by atoms with Crippen molar-refractivity contribution in [3.8, 4) is 5.75 Å².